The maximum absolute atomic E-state index is 14.1. The van der Waals surface area contributed by atoms with Gasteiger partial charge in [-0.2, -0.15) is 4.68 Å². The van der Waals surface area contributed by atoms with E-state index in [0.717, 1.165) is 11.1 Å². The van der Waals surface area contributed by atoms with E-state index in [1.54, 1.807) is 18.2 Å². The fourth-order valence-electron chi connectivity index (χ4n) is 2.17. The number of rotatable bonds is 2. The Morgan fingerprint density at radius 3 is 2.57 bits per heavy atom. The number of nitrogen functional groups attached to an aromatic ring is 1. The molecule has 0 fully saturated rings. The van der Waals surface area contributed by atoms with Crippen LogP contribution >= 0.6 is 0 Å². The van der Waals surface area contributed by atoms with Gasteiger partial charge in [0.2, 0.25) is 0 Å². The highest BCUT2D eigenvalue weighted by molar-refractivity contribution is 5.73. The van der Waals surface area contributed by atoms with E-state index >= 15 is 0 Å². The van der Waals surface area contributed by atoms with Crippen LogP contribution in [-0.2, 0) is 0 Å². The lowest BCUT2D eigenvalue weighted by Crippen LogP contribution is -2.04. The van der Waals surface area contributed by atoms with Crippen LogP contribution in [0.25, 0.3) is 17.1 Å². The molecule has 0 aliphatic rings. The van der Waals surface area contributed by atoms with Gasteiger partial charge >= 0.3 is 0 Å². The summed E-state index contributed by atoms with van der Waals surface area (Å²) < 4.78 is 15.4. The van der Waals surface area contributed by atoms with Crippen molar-refractivity contribution in [2.45, 2.75) is 13.8 Å². The standard InChI is InChI=1S/C15H14FN5/c1-9-4-6-13(17)11(7-9)15-18-19-20-21(15)14-8-10(2)3-5-12(14)16/h3-8H,17H2,1-2H3. The van der Waals surface area contributed by atoms with Gasteiger partial charge in [-0.1, -0.05) is 17.7 Å². The molecule has 0 spiro atoms. The van der Waals surface area contributed by atoms with Gasteiger partial charge < -0.3 is 5.73 Å². The Kier molecular flexibility index (Phi) is 3.13. The maximum Gasteiger partial charge on any atom is 0.189 e. The summed E-state index contributed by atoms with van der Waals surface area (Å²) in [5.41, 5.74) is 9.47. The van der Waals surface area contributed by atoms with Crippen molar-refractivity contribution in [3.63, 3.8) is 0 Å². The minimum absolute atomic E-state index is 0.302. The van der Waals surface area contributed by atoms with E-state index in [1.165, 1.54) is 10.7 Å². The molecule has 2 aromatic carbocycles. The normalized spacial score (nSPS) is 10.8. The molecule has 0 amide bonds. The fourth-order valence-corrected chi connectivity index (χ4v) is 2.17. The molecule has 0 unspecified atom stereocenters. The van der Waals surface area contributed by atoms with Crippen LogP contribution in [0.1, 0.15) is 11.1 Å². The van der Waals surface area contributed by atoms with Crippen LogP contribution in [0, 0.1) is 19.7 Å². The van der Waals surface area contributed by atoms with E-state index in [2.05, 4.69) is 15.5 Å². The Labute approximate surface area is 121 Å². The third-order valence-corrected chi connectivity index (χ3v) is 3.25. The molecular weight excluding hydrogens is 269 g/mol. The van der Waals surface area contributed by atoms with Crippen LogP contribution in [0.15, 0.2) is 36.4 Å². The summed E-state index contributed by atoms with van der Waals surface area (Å²) in [6.07, 6.45) is 0. The van der Waals surface area contributed by atoms with Crippen LogP contribution in [0.4, 0.5) is 10.1 Å². The first-order valence-corrected chi connectivity index (χ1v) is 6.47. The summed E-state index contributed by atoms with van der Waals surface area (Å²) in [5, 5.41) is 11.5. The second-order valence-corrected chi connectivity index (χ2v) is 4.96. The third kappa shape index (κ3) is 2.35. The molecule has 1 aromatic heterocycles. The Bertz CT molecular complexity index is 744. The average molecular weight is 283 g/mol. The highest BCUT2D eigenvalue weighted by atomic mass is 19.1. The Balaban J connectivity index is 2.22. The molecule has 0 aliphatic carbocycles. The van der Waals surface area contributed by atoms with Gasteiger partial charge in [0, 0.05) is 11.3 Å². The molecular formula is C15H14FN5. The molecule has 6 heteroatoms. The number of aryl methyl sites for hydroxylation is 2. The molecule has 0 saturated heterocycles. The lowest BCUT2D eigenvalue weighted by atomic mass is 10.1. The molecule has 0 radical (unpaired) electrons. The molecule has 2 N–H and O–H groups in total. The van der Waals surface area contributed by atoms with E-state index in [1.807, 2.05) is 26.0 Å². The summed E-state index contributed by atoms with van der Waals surface area (Å²) in [4.78, 5) is 0. The van der Waals surface area contributed by atoms with Gasteiger partial charge in [0.05, 0.1) is 0 Å². The van der Waals surface area contributed by atoms with Gasteiger partial charge in [-0.15, -0.1) is 5.10 Å². The number of anilines is 1. The minimum atomic E-state index is -0.389. The molecule has 3 rings (SSSR count). The number of nitrogens with zero attached hydrogens (tertiary/aromatic N) is 4. The predicted molar refractivity (Wildman–Crippen MR) is 78.4 cm³/mol. The first-order chi connectivity index (χ1) is 10.1. The molecule has 1 heterocycles. The van der Waals surface area contributed by atoms with E-state index in [-0.39, 0.29) is 5.82 Å². The van der Waals surface area contributed by atoms with E-state index in [9.17, 15) is 4.39 Å². The molecule has 106 valence electrons. The lowest BCUT2D eigenvalue weighted by molar-refractivity contribution is 0.607. The zero-order valence-corrected chi connectivity index (χ0v) is 11.7. The molecule has 0 atom stereocenters. The van der Waals surface area contributed by atoms with Crippen LogP contribution in [0.5, 0.6) is 0 Å². The van der Waals surface area contributed by atoms with Gasteiger partial charge in [-0.3, -0.25) is 0 Å². The second kappa shape index (κ2) is 4.97. The van der Waals surface area contributed by atoms with Crippen molar-refractivity contribution in [1.82, 2.24) is 20.2 Å². The van der Waals surface area contributed by atoms with E-state index in [0.29, 0.717) is 22.8 Å². The number of nitrogens with two attached hydrogens (primary N) is 1. The molecule has 0 aliphatic heterocycles. The van der Waals surface area contributed by atoms with Crippen LogP contribution in [0.3, 0.4) is 0 Å². The number of benzene rings is 2. The first kappa shape index (κ1) is 13.2. The van der Waals surface area contributed by atoms with Crippen molar-refractivity contribution in [3.05, 3.63) is 53.3 Å². The number of hydrogen-bond acceptors (Lipinski definition) is 4. The van der Waals surface area contributed by atoms with Crippen molar-refractivity contribution in [2.24, 2.45) is 0 Å². The van der Waals surface area contributed by atoms with E-state index < -0.39 is 0 Å². The van der Waals surface area contributed by atoms with Gasteiger partial charge in [0.1, 0.15) is 11.5 Å². The Hall–Kier alpha value is -2.76. The highest BCUT2D eigenvalue weighted by Crippen LogP contribution is 2.27. The average Bonchev–Trinajstić information content (AvgIpc) is 2.93. The highest BCUT2D eigenvalue weighted by Gasteiger charge is 2.16. The van der Waals surface area contributed by atoms with Gasteiger partial charge in [0.25, 0.3) is 0 Å². The second-order valence-electron chi connectivity index (χ2n) is 4.96. The van der Waals surface area contributed by atoms with Crippen LogP contribution in [0.2, 0.25) is 0 Å². The van der Waals surface area contributed by atoms with Crippen LogP contribution < -0.4 is 5.73 Å². The fraction of sp³-hybridized carbons (Fsp3) is 0.133. The number of aromatic nitrogens is 4. The summed E-state index contributed by atoms with van der Waals surface area (Å²) in [5.74, 6) is 0.0288. The summed E-state index contributed by atoms with van der Waals surface area (Å²) >= 11 is 0. The summed E-state index contributed by atoms with van der Waals surface area (Å²) in [6, 6.07) is 10.4. The SMILES string of the molecule is Cc1ccc(N)c(-c2nnnn2-c2cc(C)ccc2F)c1. The third-order valence-electron chi connectivity index (χ3n) is 3.25. The number of halogens is 1. The quantitative estimate of drug-likeness (QED) is 0.734. The zero-order valence-electron chi connectivity index (χ0n) is 11.7. The van der Waals surface area contributed by atoms with Gasteiger partial charge in [-0.05, 0) is 54.1 Å². The molecule has 3 aromatic rings. The predicted octanol–water partition coefficient (Wildman–Crippen LogP) is 2.67. The van der Waals surface area contributed by atoms with E-state index in [4.69, 9.17) is 5.73 Å². The Morgan fingerprint density at radius 1 is 1.05 bits per heavy atom. The van der Waals surface area contributed by atoms with Gasteiger partial charge in [-0.25, -0.2) is 4.39 Å². The van der Waals surface area contributed by atoms with Crippen molar-refractivity contribution in [3.8, 4) is 17.1 Å². The smallest absolute Gasteiger partial charge is 0.189 e. The van der Waals surface area contributed by atoms with Crippen LogP contribution in [-0.4, -0.2) is 20.2 Å². The van der Waals surface area contributed by atoms with Gasteiger partial charge in [0.15, 0.2) is 5.82 Å². The zero-order chi connectivity index (χ0) is 15.0. The summed E-state index contributed by atoms with van der Waals surface area (Å²) in [7, 11) is 0. The topological polar surface area (TPSA) is 69.6 Å². The molecule has 21 heavy (non-hydrogen) atoms. The molecule has 5 nitrogen and oxygen atoms in total. The van der Waals surface area contributed by atoms with Crippen molar-refractivity contribution in [2.75, 3.05) is 5.73 Å². The monoisotopic (exact) mass is 283 g/mol. The molecule has 0 saturated carbocycles. The largest absolute Gasteiger partial charge is 0.398 e. The first-order valence-electron chi connectivity index (χ1n) is 6.47. The van der Waals surface area contributed by atoms with Crippen molar-refractivity contribution < 1.29 is 4.39 Å². The van der Waals surface area contributed by atoms with Crippen molar-refractivity contribution in [1.29, 1.82) is 0 Å². The lowest BCUT2D eigenvalue weighted by Gasteiger charge is -2.09. The summed E-state index contributed by atoms with van der Waals surface area (Å²) in [6.45, 7) is 3.83. The maximum atomic E-state index is 14.1. The number of tetrazole rings is 1. The number of hydrogen-bond donors (Lipinski definition) is 1. The van der Waals surface area contributed by atoms with Crippen molar-refractivity contribution >= 4 is 5.69 Å². The molecule has 0 bridgehead atoms. The minimum Gasteiger partial charge on any atom is -0.398 e. The Morgan fingerprint density at radius 2 is 1.76 bits per heavy atom.